The smallest absolute Gasteiger partial charge is 0.252 e. The number of nitrogens with two attached hydrogens (primary N) is 1. The van der Waals surface area contributed by atoms with Crippen molar-refractivity contribution in [3.63, 3.8) is 0 Å². The van der Waals surface area contributed by atoms with Crippen LogP contribution in [0.3, 0.4) is 0 Å². The molecule has 17 heavy (non-hydrogen) atoms. The SMILES string of the molecule is Cc1ccc(I)c(C(=O)NCCC(C)N)c1.Cl. The van der Waals surface area contributed by atoms with Gasteiger partial charge in [0.1, 0.15) is 0 Å². The van der Waals surface area contributed by atoms with Gasteiger partial charge in [0.05, 0.1) is 5.56 Å². The van der Waals surface area contributed by atoms with E-state index in [-0.39, 0.29) is 24.4 Å². The summed E-state index contributed by atoms with van der Waals surface area (Å²) in [7, 11) is 0. The van der Waals surface area contributed by atoms with Crippen molar-refractivity contribution in [3.8, 4) is 0 Å². The Bertz CT molecular complexity index is 383. The van der Waals surface area contributed by atoms with Crippen molar-refractivity contribution in [1.29, 1.82) is 0 Å². The summed E-state index contributed by atoms with van der Waals surface area (Å²) in [6, 6.07) is 5.98. The van der Waals surface area contributed by atoms with Gasteiger partial charge < -0.3 is 11.1 Å². The predicted molar refractivity (Wildman–Crippen MR) is 81.7 cm³/mol. The Kier molecular flexibility index (Phi) is 7.74. The molecule has 0 bridgehead atoms. The van der Waals surface area contributed by atoms with E-state index in [4.69, 9.17) is 5.73 Å². The van der Waals surface area contributed by atoms with Crippen molar-refractivity contribution in [1.82, 2.24) is 5.32 Å². The first kappa shape index (κ1) is 16.7. The maximum absolute atomic E-state index is 11.8. The Hall–Kier alpha value is -0.330. The van der Waals surface area contributed by atoms with Gasteiger partial charge in [0.2, 0.25) is 0 Å². The minimum absolute atomic E-state index is 0. The molecule has 1 atom stereocenters. The van der Waals surface area contributed by atoms with E-state index in [1.807, 2.05) is 32.0 Å². The molecule has 0 saturated heterocycles. The molecule has 0 heterocycles. The molecular weight excluding hydrogens is 351 g/mol. The van der Waals surface area contributed by atoms with Gasteiger partial charge in [-0.05, 0) is 55.0 Å². The Labute approximate surface area is 122 Å². The van der Waals surface area contributed by atoms with Gasteiger partial charge in [-0.25, -0.2) is 0 Å². The van der Waals surface area contributed by atoms with Crippen LogP contribution in [0, 0.1) is 10.5 Å². The maximum Gasteiger partial charge on any atom is 0.252 e. The van der Waals surface area contributed by atoms with E-state index in [2.05, 4.69) is 27.9 Å². The summed E-state index contributed by atoms with van der Waals surface area (Å²) in [4.78, 5) is 11.8. The highest BCUT2D eigenvalue weighted by Gasteiger charge is 2.09. The Balaban J connectivity index is 0.00000256. The van der Waals surface area contributed by atoms with Crippen LogP contribution in [0.5, 0.6) is 0 Å². The number of halogens is 2. The predicted octanol–water partition coefficient (Wildman–Crippen LogP) is 2.49. The number of benzene rings is 1. The lowest BCUT2D eigenvalue weighted by Gasteiger charge is -2.09. The summed E-state index contributed by atoms with van der Waals surface area (Å²) in [5.41, 5.74) is 7.45. The average Bonchev–Trinajstić information content (AvgIpc) is 2.21. The van der Waals surface area contributed by atoms with Crippen LogP contribution >= 0.6 is 35.0 Å². The molecule has 0 saturated carbocycles. The lowest BCUT2D eigenvalue weighted by Crippen LogP contribution is -2.29. The monoisotopic (exact) mass is 368 g/mol. The van der Waals surface area contributed by atoms with Gasteiger partial charge in [0, 0.05) is 16.2 Å². The minimum atomic E-state index is -0.0197. The Morgan fingerprint density at radius 2 is 2.18 bits per heavy atom. The van der Waals surface area contributed by atoms with E-state index < -0.39 is 0 Å². The zero-order valence-corrected chi connectivity index (χ0v) is 13.0. The summed E-state index contributed by atoms with van der Waals surface area (Å²) < 4.78 is 0.974. The average molecular weight is 369 g/mol. The first-order chi connectivity index (χ1) is 7.50. The van der Waals surface area contributed by atoms with Crippen LogP contribution in [0.25, 0.3) is 0 Å². The molecule has 0 aliphatic carbocycles. The fraction of sp³-hybridized carbons (Fsp3) is 0.417. The number of carbonyl (C=O) groups excluding carboxylic acids is 1. The molecule has 0 radical (unpaired) electrons. The van der Waals surface area contributed by atoms with Crippen LogP contribution in [0.15, 0.2) is 18.2 Å². The highest BCUT2D eigenvalue weighted by atomic mass is 127. The standard InChI is InChI=1S/C12H17IN2O.ClH/c1-8-3-4-11(13)10(7-8)12(16)15-6-5-9(2)14;/h3-4,7,9H,5-6,14H2,1-2H3,(H,15,16);1H. The molecule has 3 nitrogen and oxygen atoms in total. The van der Waals surface area contributed by atoms with Crippen molar-refractivity contribution >= 4 is 40.9 Å². The Morgan fingerprint density at radius 1 is 1.53 bits per heavy atom. The number of hydrogen-bond donors (Lipinski definition) is 2. The molecule has 1 unspecified atom stereocenters. The second-order valence-corrected chi connectivity index (χ2v) is 5.17. The topological polar surface area (TPSA) is 55.1 Å². The van der Waals surface area contributed by atoms with E-state index >= 15 is 0 Å². The van der Waals surface area contributed by atoms with E-state index in [9.17, 15) is 4.79 Å². The molecule has 0 aliphatic rings. The second-order valence-electron chi connectivity index (χ2n) is 4.01. The van der Waals surface area contributed by atoms with Crippen LogP contribution < -0.4 is 11.1 Å². The van der Waals surface area contributed by atoms with Crippen molar-refractivity contribution in [2.75, 3.05) is 6.54 Å². The lowest BCUT2D eigenvalue weighted by atomic mass is 10.1. The zero-order chi connectivity index (χ0) is 12.1. The van der Waals surface area contributed by atoms with Gasteiger partial charge in [0.15, 0.2) is 0 Å². The third-order valence-corrected chi connectivity index (χ3v) is 3.19. The largest absolute Gasteiger partial charge is 0.352 e. The van der Waals surface area contributed by atoms with Crippen LogP contribution in [0.2, 0.25) is 0 Å². The summed E-state index contributed by atoms with van der Waals surface area (Å²) in [6.07, 6.45) is 0.800. The second kappa shape index (κ2) is 7.89. The van der Waals surface area contributed by atoms with Gasteiger partial charge in [-0.2, -0.15) is 0 Å². The molecule has 0 aromatic heterocycles. The quantitative estimate of drug-likeness (QED) is 0.802. The highest BCUT2D eigenvalue weighted by Crippen LogP contribution is 2.13. The lowest BCUT2D eigenvalue weighted by molar-refractivity contribution is 0.0952. The van der Waals surface area contributed by atoms with E-state index in [1.165, 1.54) is 0 Å². The van der Waals surface area contributed by atoms with Gasteiger partial charge in [0.25, 0.3) is 5.91 Å². The van der Waals surface area contributed by atoms with Crippen LogP contribution in [-0.4, -0.2) is 18.5 Å². The number of nitrogens with one attached hydrogen (secondary N) is 1. The maximum atomic E-state index is 11.8. The molecule has 96 valence electrons. The molecule has 1 rings (SSSR count). The molecule has 5 heteroatoms. The third-order valence-electron chi connectivity index (χ3n) is 2.25. The number of amides is 1. The number of rotatable bonds is 4. The fourth-order valence-corrected chi connectivity index (χ4v) is 1.90. The zero-order valence-electron chi connectivity index (χ0n) is 10.00. The molecule has 0 spiro atoms. The van der Waals surface area contributed by atoms with E-state index in [0.717, 1.165) is 21.1 Å². The van der Waals surface area contributed by atoms with Gasteiger partial charge in [-0.15, -0.1) is 12.4 Å². The molecular formula is C12H18ClIN2O. The first-order valence-corrected chi connectivity index (χ1v) is 6.38. The van der Waals surface area contributed by atoms with Crippen LogP contribution in [0.4, 0.5) is 0 Å². The highest BCUT2D eigenvalue weighted by molar-refractivity contribution is 14.1. The summed E-state index contributed by atoms with van der Waals surface area (Å²) in [5, 5.41) is 2.87. The van der Waals surface area contributed by atoms with Crippen molar-refractivity contribution in [3.05, 3.63) is 32.9 Å². The summed E-state index contributed by atoms with van der Waals surface area (Å²) in [6.45, 7) is 4.54. The normalized spacial score (nSPS) is 11.5. The number of aryl methyl sites for hydroxylation is 1. The van der Waals surface area contributed by atoms with Crippen LogP contribution in [-0.2, 0) is 0 Å². The molecule has 3 N–H and O–H groups in total. The molecule has 1 aromatic rings. The molecule has 1 aromatic carbocycles. The number of carbonyl (C=O) groups is 1. The Morgan fingerprint density at radius 3 is 2.76 bits per heavy atom. The van der Waals surface area contributed by atoms with E-state index in [1.54, 1.807) is 0 Å². The van der Waals surface area contributed by atoms with Gasteiger partial charge >= 0.3 is 0 Å². The van der Waals surface area contributed by atoms with Crippen molar-refractivity contribution in [2.24, 2.45) is 5.73 Å². The van der Waals surface area contributed by atoms with Gasteiger partial charge in [-0.3, -0.25) is 4.79 Å². The van der Waals surface area contributed by atoms with E-state index in [0.29, 0.717) is 6.54 Å². The van der Waals surface area contributed by atoms with Crippen molar-refractivity contribution in [2.45, 2.75) is 26.3 Å². The molecule has 1 amide bonds. The van der Waals surface area contributed by atoms with Crippen LogP contribution in [0.1, 0.15) is 29.3 Å². The minimum Gasteiger partial charge on any atom is -0.352 e. The fourth-order valence-electron chi connectivity index (χ4n) is 1.32. The number of hydrogen-bond acceptors (Lipinski definition) is 2. The first-order valence-electron chi connectivity index (χ1n) is 5.30. The van der Waals surface area contributed by atoms with Crippen molar-refractivity contribution < 1.29 is 4.79 Å². The third kappa shape index (κ3) is 5.70. The summed E-state index contributed by atoms with van der Waals surface area (Å²) in [5.74, 6) is -0.0197. The van der Waals surface area contributed by atoms with Gasteiger partial charge in [-0.1, -0.05) is 11.6 Å². The molecule has 0 aliphatic heterocycles. The molecule has 0 fully saturated rings. The summed E-state index contributed by atoms with van der Waals surface area (Å²) >= 11 is 2.17.